The topological polar surface area (TPSA) is 19.7 Å². The second-order valence-electron chi connectivity index (χ2n) is 28.0. The molecular weight excluding hydrogens is 1360 g/mol. The van der Waals surface area contributed by atoms with Crippen molar-refractivity contribution in [2.24, 2.45) is 0 Å². The normalized spacial score (nSPS) is 13.1. The number of nitrogens with zero attached hydrogens (tertiary/aromatic N) is 4. The standard InChI is InChI=1S/C54H33BN2S2.C42H25BN2S2/c1-7-19-46-38(13-1)39-14-2-8-20-47(39)56(46)36-29-25-34(26-30-36)42-33-43(35-27-31-37(32-28-35)57-48-21-9-3-15-40(48)41-16-4-10-22-49(41)57)54-52-53(42)58-50-23-11-5-17-44(50)55(52)45-18-6-12-24-51(45)59-54;1-7-19-32-26(13-1)27-14-2-8-20-33(27)44(32)36-25-37(45-34-21-9-3-15-28(34)29-16-4-10-22-35(29)45)42-40-41(36)46-38-23-11-5-17-30(38)43(40)31-18-6-12-24-39(31)47-42/h1-33H;1-25H. The molecule has 0 bridgehead atoms. The highest BCUT2D eigenvalue weighted by Crippen LogP contribution is 2.51. The van der Waals surface area contributed by atoms with Gasteiger partial charge in [-0.15, -0.1) is 0 Å². The van der Waals surface area contributed by atoms with Crippen molar-refractivity contribution in [1.82, 2.24) is 18.3 Å². The van der Waals surface area contributed by atoms with E-state index < -0.39 is 0 Å². The molecule has 16 aromatic carbocycles. The summed E-state index contributed by atoms with van der Waals surface area (Å²) < 4.78 is 9.87. The first-order valence-electron chi connectivity index (χ1n) is 36.3. The molecule has 106 heavy (non-hydrogen) atoms. The summed E-state index contributed by atoms with van der Waals surface area (Å²) in [6, 6.07) is 130. The third-order valence-electron chi connectivity index (χ3n) is 22.5. The molecule has 0 saturated carbocycles. The third kappa shape index (κ3) is 8.99. The van der Waals surface area contributed by atoms with Crippen LogP contribution in [0.1, 0.15) is 0 Å². The Labute approximate surface area is 629 Å². The third-order valence-corrected chi connectivity index (χ3v) is 27.4. The lowest BCUT2D eigenvalue weighted by molar-refractivity contribution is 1.07. The zero-order chi connectivity index (χ0) is 69.2. The van der Waals surface area contributed by atoms with Gasteiger partial charge in [-0.05, 0) is 142 Å². The van der Waals surface area contributed by atoms with Gasteiger partial charge in [-0.2, -0.15) is 0 Å². The predicted octanol–water partition coefficient (Wildman–Crippen LogP) is 22.0. The second-order valence-corrected chi connectivity index (χ2v) is 32.2. The molecule has 4 aromatic heterocycles. The summed E-state index contributed by atoms with van der Waals surface area (Å²) in [5.41, 5.74) is 28.1. The molecule has 4 nitrogen and oxygen atoms in total. The van der Waals surface area contributed by atoms with E-state index in [0.29, 0.717) is 0 Å². The Balaban J connectivity index is 0.000000132. The number of rotatable bonds is 6. The first-order chi connectivity index (χ1) is 52.6. The average molecular weight is 1420 g/mol. The molecule has 10 heteroatoms. The van der Waals surface area contributed by atoms with Crippen LogP contribution in [0.15, 0.2) is 391 Å². The van der Waals surface area contributed by atoms with Crippen LogP contribution in [0.4, 0.5) is 0 Å². The zero-order valence-electron chi connectivity index (χ0n) is 57.1. The summed E-state index contributed by atoms with van der Waals surface area (Å²) in [6.07, 6.45) is 0. The summed E-state index contributed by atoms with van der Waals surface area (Å²) in [5.74, 6) is 0. The SMILES string of the molecule is c1ccc2c(c1)Sc1c(-c3ccc(-n4c5ccccc5c5ccccc54)cc3)cc(-c3ccc(-n4c5ccccc5c5ccccc54)cc3)c3c1B2c1ccccc1S3.c1ccc2c(c1)Sc1c(-n3c4ccccc4c4ccccc43)cc(-n3c4ccccc4c4ccccc43)c3c1B2c1ccccc1S3. The molecule has 0 fully saturated rings. The minimum Gasteiger partial charge on any atom is -0.309 e. The van der Waals surface area contributed by atoms with Crippen molar-refractivity contribution in [1.29, 1.82) is 0 Å². The van der Waals surface area contributed by atoms with Gasteiger partial charge in [0.05, 0.1) is 55.5 Å². The van der Waals surface area contributed by atoms with E-state index in [-0.39, 0.29) is 13.4 Å². The Bertz CT molecular complexity index is 6500. The van der Waals surface area contributed by atoms with E-state index in [1.807, 2.05) is 47.0 Å². The molecule has 492 valence electrons. The Kier molecular flexibility index (Phi) is 13.7. The number of para-hydroxylation sites is 8. The Morgan fingerprint density at radius 3 is 0.708 bits per heavy atom. The molecular formula is C96H58B2N4S4. The number of hydrogen-bond donors (Lipinski definition) is 0. The van der Waals surface area contributed by atoms with Gasteiger partial charge >= 0.3 is 0 Å². The molecule has 0 unspecified atom stereocenters. The van der Waals surface area contributed by atoms with E-state index in [2.05, 4.69) is 370 Å². The molecule has 0 radical (unpaired) electrons. The van der Waals surface area contributed by atoms with Crippen molar-refractivity contribution in [3.05, 3.63) is 352 Å². The first kappa shape index (κ1) is 60.6. The zero-order valence-corrected chi connectivity index (χ0v) is 60.3. The van der Waals surface area contributed by atoms with E-state index in [4.69, 9.17) is 0 Å². The van der Waals surface area contributed by atoms with Crippen molar-refractivity contribution in [2.45, 2.75) is 39.2 Å². The predicted molar refractivity (Wildman–Crippen MR) is 453 cm³/mol. The largest absolute Gasteiger partial charge is 0.309 e. The van der Waals surface area contributed by atoms with Crippen LogP contribution in [-0.4, -0.2) is 31.7 Å². The van der Waals surface area contributed by atoms with Crippen LogP contribution in [0.5, 0.6) is 0 Å². The highest BCUT2D eigenvalue weighted by molar-refractivity contribution is 8.02. The highest BCUT2D eigenvalue weighted by atomic mass is 32.2. The molecule has 24 rings (SSSR count). The summed E-state index contributed by atoms with van der Waals surface area (Å²) in [7, 11) is 0. The molecule has 4 aliphatic rings. The van der Waals surface area contributed by atoms with Crippen molar-refractivity contribution in [3.8, 4) is 45.0 Å². The van der Waals surface area contributed by atoms with Crippen LogP contribution >= 0.6 is 47.0 Å². The van der Waals surface area contributed by atoms with Gasteiger partial charge in [0.15, 0.2) is 0 Å². The first-order valence-corrected chi connectivity index (χ1v) is 39.5. The van der Waals surface area contributed by atoms with E-state index in [0.717, 1.165) is 0 Å². The minimum atomic E-state index is 0.148. The van der Waals surface area contributed by atoms with Crippen molar-refractivity contribution >= 4 is 180 Å². The fourth-order valence-electron chi connectivity index (χ4n) is 18.0. The van der Waals surface area contributed by atoms with Gasteiger partial charge in [0, 0.05) is 93.6 Å². The van der Waals surface area contributed by atoms with Crippen LogP contribution in [0.3, 0.4) is 0 Å². The molecule has 0 amide bonds. The highest BCUT2D eigenvalue weighted by Gasteiger charge is 2.43. The maximum Gasteiger partial charge on any atom is 0.247 e. The summed E-state index contributed by atoms with van der Waals surface area (Å²) in [5, 5.41) is 10.2. The summed E-state index contributed by atoms with van der Waals surface area (Å²) in [4.78, 5) is 10.8. The van der Waals surface area contributed by atoms with E-state index >= 15 is 0 Å². The quantitative estimate of drug-likeness (QED) is 0.155. The molecule has 20 aromatic rings. The molecule has 4 aliphatic heterocycles. The Morgan fingerprint density at radius 1 is 0.198 bits per heavy atom. The van der Waals surface area contributed by atoms with Crippen LogP contribution < -0.4 is 32.8 Å². The van der Waals surface area contributed by atoms with E-state index in [9.17, 15) is 0 Å². The summed E-state index contributed by atoms with van der Waals surface area (Å²) in [6.45, 7) is 0.303. The van der Waals surface area contributed by atoms with Gasteiger partial charge < -0.3 is 18.3 Å². The smallest absolute Gasteiger partial charge is 0.247 e. The number of aromatic nitrogens is 4. The van der Waals surface area contributed by atoms with Gasteiger partial charge in [-0.25, -0.2) is 0 Å². The van der Waals surface area contributed by atoms with Gasteiger partial charge in [-0.1, -0.05) is 312 Å². The van der Waals surface area contributed by atoms with Crippen molar-refractivity contribution in [3.63, 3.8) is 0 Å². The molecule has 8 heterocycles. The lowest BCUT2D eigenvalue weighted by Crippen LogP contribution is -2.58. The fourth-order valence-corrected chi connectivity index (χ4v) is 23.2. The lowest BCUT2D eigenvalue weighted by Gasteiger charge is -2.35. The summed E-state index contributed by atoms with van der Waals surface area (Å²) >= 11 is 7.75. The van der Waals surface area contributed by atoms with Crippen LogP contribution in [0.25, 0.3) is 132 Å². The molecule has 0 aliphatic carbocycles. The lowest BCUT2D eigenvalue weighted by atomic mass is 9.36. The van der Waals surface area contributed by atoms with Crippen molar-refractivity contribution in [2.75, 3.05) is 0 Å². The fraction of sp³-hybridized carbons (Fsp3) is 0. The van der Waals surface area contributed by atoms with Crippen LogP contribution in [0, 0.1) is 0 Å². The molecule has 0 atom stereocenters. The molecule has 0 spiro atoms. The van der Waals surface area contributed by atoms with Gasteiger partial charge in [0.1, 0.15) is 0 Å². The Hall–Kier alpha value is -11.8. The monoisotopic (exact) mass is 1420 g/mol. The average Bonchev–Trinajstić information content (AvgIpc) is 1.26. The van der Waals surface area contributed by atoms with Crippen LogP contribution in [-0.2, 0) is 0 Å². The van der Waals surface area contributed by atoms with Gasteiger partial charge in [-0.3, -0.25) is 0 Å². The van der Waals surface area contributed by atoms with E-state index in [1.165, 1.54) is 204 Å². The van der Waals surface area contributed by atoms with E-state index in [1.54, 1.807) is 0 Å². The van der Waals surface area contributed by atoms with Gasteiger partial charge in [0.25, 0.3) is 0 Å². The Morgan fingerprint density at radius 2 is 0.425 bits per heavy atom. The molecule has 0 N–H and O–H groups in total. The van der Waals surface area contributed by atoms with Gasteiger partial charge in [0.2, 0.25) is 13.4 Å². The van der Waals surface area contributed by atoms with Crippen LogP contribution in [0.2, 0.25) is 0 Å². The number of hydrogen-bond acceptors (Lipinski definition) is 4. The maximum absolute atomic E-state index is 2.53. The maximum atomic E-state index is 2.53. The van der Waals surface area contributed by atoms with Crippen molar-refractivity contribution < 1.29 is 0 Å². The minimum absolute atomic E-state index is 0.148. The second kappa shape index (κ2) is 23.9. The molecule has 0 saturated heterocycles. The number of benzene rings is 16. The number of fused-ring (bicyclic) bond motifs is 20.